The minimum Gasteiger partial charge on any atom is -0.335 e. The van der Waals surface area contributed by atoms with E-state index in [1.165, 1.54) is 11.2 Å². The van der Waals surface area contributed by atoms with Gasteiger partial charge in [0.1, 0.15) is 12.7 Å². The molecule has 1 amide bonds. The molecule has 2 heterocycles. The standard InChI is InChI=1S/C19H20N4OS/c1-14-4-9-18(25-14)10-11-19(24)22(3)15(2)16-5-7-17(8-6-16)23-13-20-12-21-23/h4-13,15H,1-3H3/b11-10+/t15-/m1/s1. The molecular formula is C19H20N4OS. The van der Waals surface area contributed by atoms with Gasteiger partial charge in [0, 0.05) is 22.9 Å². The summed E-state index contributed by atoms with van der Waals surface area (Å²) in [5, 5.41) is 4.11. The summed E-state index contributed by atoms with van der Waals surface area (Å²) in [4.78, 5) is 20.4. The number of benzene rings is 1. The quantitative estimate of drug-likeness (QED) is 0.655. The number of amides is 1. The molecule has 0 saturated carbocycles. The third-order valence-electron chi connectivity index (χ3n) is 4.14. The van der Waals surface area contributed by atoms with Gasteiger partial charge in [-0.1, -0.05) is 12.1 Å². The molecule has 5 nitrogen and oxygen atoms in total. The van der Waals surface area contributed by atoms with Crippen LogP contribution in [0.5, 0.6) is 0 Å². The van der Waals surface area contributed by atoms with E-state index in [1.54, 1.807) is 33.3 Å². The zero-order valence-corrected chi connectivity index (χ0v) is 15.3. The van der Waals surface area contributed by atoms with Gasteiger partial charge in [0.25, 0.3) is 0 Å². The molecule has 0 bridgehead atoms. The van der Waals surface area contributed by atoms with Gasteiger partial charge in [0.15, 0.2) is 0 Å². The maximum Gasteiger partial charge on any atom is 0.246 e. The Bertz CT molecular complexity index is 865. The first-order valence-electron chi connectivity index (χ1n) is 8.01. The molecule has 3 aromatic rings. The Morgan fingerprint density at radius 1 is 1.24 bits per heavy atom. The van der Waals surface area contributed by atoms with Crippen LogP contribution in [0.15, 0.2) is 55.1 Å². The van der Waals surface area contributed by atoms with Gasteiger partial charge < -0.3 is 4.90 Å². The lowest BCUT2D eigenvalue weighted by Gasteiger charge is -2.24. The Hall–Kier alpha value is -2.73. The Balaban J connectivity index is 1.67. The lowest BCUT2D eigenvalue weighted by atomic mass is 10.1. The second-order valence-corrected chi connectivity index (χ2v) is 7.16. The molecule has 0 N–H and O–H groups in total. The fourth-order valence-corrected chi connectivity index (χ4v) is 3.26. The fraction of sp³-hybridized carbons (Fsp3) is 0.211. The van der Waals surface area contributed by atoms with Crippen molar-refractivity contribution >= 4 is 23.3 Å². The van der Waals surface area contributed by atoms with E-state index in [4.69, 9.17) is 0 Å². The van der Waals surface area contributed by atoms with Gasteiger partial charge in [0.05, 0.1) is 11.7 Å². The molecule has 0 fully saturated rings. The summed E-state index contributed by atoms with van der Waals surface area (Å²) in [6.45, 7) is 4.08. The number of aromatic nitrogens is 3. The number of rotatable bonds is 5. The zero-order chi connectivity index (χ0) is 17.8. The molecule has 0 spiro atoms. The summed E-state index contributed by atoms with van der Waals surface area (Å²) in [7, 11) is 1.82. The van der Waals surface area contributed by atoms with E-state index >= 15 is 0 Å². The molecule has 6 heteroatoms. The first kappa shape index (κ1) is 17.1. The minimum atomic E-state index is -0.0213. The van der Waals surface area contributed by atoms with Crippen LogP contribution in [0, 0.1) is 6.92 Å². The van der Waals surface area contributed by atoms with Crippen LogP contribution in [0.2, 0.25) is 0 Å². The van der Waals surface area contributed by atoms with Gasteiger partial charge in [-0.25, -0.2) is 9.67 Å². The van der Waals surface area contributed by atoms with Crippen molar-refractivity contribution in [2.45, 2.75) is 19.9 Å². The molecule has 1 aromatic carbocycles. The van der Waals surface area contributed by atoms with Crippen LogP contribution < -0.4 is 0 Å². The van der Waals surface area contributed by atoms with E-state index in [1.807, 2.05) is 50.4 Å². The minimum absolute atomic E-state index is 0.0149. The smallest absolute Gasteiger partial charge is 0.246 e. The monoisotopic (exact) mass is 352 g/mol. The van der Waals surface area contributed by atoms with Crippen LogP contribution in [-0.2, 0) is 4.79 Å². The number of thiophene rings is 1. The molecule has 3 rings (SSSR count). The Morgan fingerprint density at radius 2 is 2.00 bits per heavy atom. The summed E-state index contributed by atoms with van der Waals surface area (Å²) in [5.74, 6) is -0.0149. The van der Waals surface area contributed by atoms with Crippen molar-refractivity contribution in [3.63, 3.8) is 0 Å². The largest absolute Gasteiger partial charge is 0.335 e. The van der Waals surface area contributed by atoms with E-state index in [2.05, 4.69) is 23.1 Å². The predicted octanol–water partition coefficient (Wildman–Crippen LogP) is 3.87. The van der Waals surface area contributed by atoms with Crippen molar-refractivity contribution in [2.24, 2.45) is 0 Å². The Kier molecular flexibility index (Phi) is 5.09. The van der Waals surface area contributed by atoms with Gasteiger partial charge in [-0.2, -0.15) is 5.10 Å². The lowest BCUT2D eigenvalue weighted by molar-refractivity contribution is -0.126. The van der Waals surface area contributed by atoms with E-state index < -0.39 is 0 Å². The third kappa shape index (κ3) is 4.03. The van der Waals surface area contributed by atoms with Crippen LogP contribution >= 0.6 is 11.3 Å². The highest BCUT2D eigenvalue weighted by molar-refractivity contribution is 7.12. The topological polar surface area (TPSA) is 51.0 Å². The van der Waals surface area contributed by atoms with E-state index in [0.717, 1.165) is 16.1 Å². The summed E-state index contributed by atoms with van der Waals surface area (Å²) in [6, 6.07) is 12.0. The molecule has 0 aliphatic carbocycles. The van der Waals surface area contributed by atoms with Crippen LogP contribution in [0.3, 0.4) is 0 Å². The highest BCUT2D eigenvalue weighted by Crippen LogP contribution is 2.21. The highest BCUT2D eigenvalue weighted by atomic mass is 32.1. The molecule has 128 valence electrons. The molecule has 0 radical (unpaired) electrons. The van der Waals surface area contributed by atoms with Gasteiger partial charge in [-0.05, 0) is 49.8 Å². The second kappa shape index (κ2) is 7.44. The number of nitrogens with zero attached hydrogens (tertiary/aromatic N) is 4. The molecule has 0 aliphatic rings. The summed E-state index contributed by atoms with van der Waals surface area (Å²) in [6.07, 6.45) is 6.66. The highest BCUT2D eigenvalue weighted by Gasteiger charge is 2.15. The third-order valence-corrected chi connectivity index (χ3v) is 5.10. The van der Waals surface area contributed by atoms with E-state index in [9.17, 15) is 4.79 Å². The zero-order valence-electron chi connectivity index (χ0n) is 14.5. The number of likely N-dealkylation sites (N-methyl/N-ethyl adjacent to an activating group) is 1. The van der Waals surface area contributed by atoms with Crippen molar-refractivity contribution in [3.05, 3.63) is 70.4 Å². The molecule has 25 heavy (non-hydrogen) atoms. The Labute approximate surface area is 151 Å². The summed E-state index contributed by atoms with van der Waals surface area (Å²) >= 11 is 1.68. The van der Waals surface area contributed by atoms with Crippen LogP contribution in [0.25, 0.3) is 11.8 Å². The number of carbonyl (C=O) groups is 1. The molecule has 0 saturated heterocycles. The molecular weight excluding hydrogens is 332 g/mol. The SMILES string of the molecule is Cc1ccc(/C=C/C(=O)N(C)[C@H](C)c2ccc(-n3cncn3)cc2)s1. The van der Waals surface area contributed by atoms with Gasteiger partial charge in [0.2, 0.25) is 5.91 Å². The number of aryl methyl sites for hydroxylation is 1. The maximum atomic E-state index is 12.4. The Morgan fingerprint density at radius 3 is 2.60 bits per heavy atom. The molecule has 2 aromatic heterocycles. The number of hydrogen-bond donors (Lipinski definition) is 0. The fourth-order valence-electron chi connectivity index (χ4n) is 2.48. The number of carbonyl (C=O) groups excluding carboxylic acids is 1. The van der Waals surface area contributed by atoms with Crippen molar-refractivity contribution in [2.75, 3.05) is 7.05 Å². The first-order valence-corrected chi connectivity index (χ1v) is 8.82. The van der Waals surface area contributed by atoms with E-state index in [-0.39, 0.29) is 11.9 Å². The summed E-state index contributed by atoms with van der Waals surface area (Å²) in [5.41, 5.74) is 2.01. The van der Waals surface area contributed by atoms with Crippen LogP contribution in [0.4, 0.5) is 0 Å². The van der Waals surface area contributed by atoms with Crippen LogP contribution in [-0.4, -0.2) is 32.6 Å². The van der Waals surface area contributed by atoms with Crippen molar-refractivity contribution < 1.29 is 4.79 Å². The maximum absolute atomic E-state index is 12.4. The molecule has 0 unspecified atom stereocenters. The predicted molar refractivity (Wildman–Crippen MR) is 101 cm³/mol. The average Bonchev–Trinajstić information content (AvgIpc) is 3.30. The van der Waals surface area contributed by atoms with Crippen molar-refractivity contribution in [1.82, 2.24) is 19.7 Å². The van der Waals surface area contributed by atoms with Crippen molar-refractivity contribution in [1.29, 1.82) is 0 Å². The van der Waals surface area contributed by atoms with Gasteiger partial charge in [-0.3, -0.25) is 4.79 Å². The molecule has 0 aliphatic heterocycles. The average molecular weight is 352 g/mol. The molecule has 1 atom stereocenters. The van der Waals surface area contributed by atoms with Crippen molar-refractivity contribution in [3.8, 4) is 5.69 Å². The first-order chi connectivity index (χ1) is 12.0. The lowest BCUT2D eigenvalue weighted by Crippen LogP contribution is -2.27. The summed E-state index contributed by atoms with van der Waals surface area (Å²) < 4.78 is 1.70. The van der Waals surface area contributed by atoms with Gasteiger partial charge in [-0.15, -0.1) is 11.3 Å². The normalized spacial score (nSPS) is 12.4. The van der Waals surface area contributed by atoms with Crippen LogP contribution in [0.1, 0.15) is 28.3 Å². The van der Waals surface area contributed by atoms with Gasteiger partial charge >= 0.3 is 0 Å². The van der Waals surface area contributed by atoms with E-state index in [0.29, 0.717) is 0 Å². The number of hydrogen-bond acceptors (Lipinski definition) is 4. The second-order valence-electron chi connectivity index (χ2n) is 5.84.